The van der Waals surface area contributed by atoms with Crippen LogP contribution < -0.4 is 11.1 Å². The SMILES string of the molecule is Nc1ccccc1SSC[C@H](NC(=O)C(=O)O)C(=O)O. The second-order valence-corrected chi connectivity index (χ2v) is 5.96. The highest BCUT2D eigenvalue weighted by atomic mass is 33.1. The van der Waals surface area contributed by atoms with E-state index >= 15 is 0 Å². The molecule has 0 saturated carbocycles. The number of nitrogen functional groups attached to an aromatic ring is 1. The number of anilines is 1. The van der Waals surface area contributed by atoms with E-state index in [1.165, 1.54) is 10.8 Å². The summed E-state index contributed by atoms with van der Waals surface area (Å²) in [4.78, 5) is 33.0. The van der Waals surface area contributed by atoms with E-state index in [0.717, 1.165) is 15.7 Å². The molecule has 108 valence electrons. The lowest BCUT2D eigenvalue weighted by molar-refractivity contribution is -0.151. The molecule has 7 nitrogen and oxygen atoms in total. The second-order valence-electron chi connectivity index (χ2n) is 3.58. The third-order valence-electron chi connectivity index (χ3n) is 2.10. The highest BCUT2D eigenvalue weighted by Gasteiger charge is 2.23. The molecule has 9 heteroatoms. The molecule has 0 heterocycles. The predicted octanol–water partition coefficient (Wildman–Crippen LogP) is 0.663. The Balaban J connectivity index is 2.52. The number of aliphatic carboxylic acids is 2. The van der Waals surface area contributed by atoms with Gasteiger partial charge in [0.05, 0.1) is 0 Å². The summed E-state index contributed by atoms with van der Waals surface area (Å²) in [6.45, 7) is 0. The number of hydrogen-bond acceptors (Lipinski definition) is 6. The summed E-state index contributed by atoms with van der Waals surface area (Å²) in [5, 5.41) is 19.2. The van der Waals surface area contributed by atoms with Gasteiger partial charge in [0.2, 0.25) is 0 Å². The van der Waals surface area contributed by atoms with Crippen molar-refractivity contribution in [2.45, 2.75) is 10.9 Å². The Morgan fingerprint density at radius 2 is 1.90 bits per heavy atom. The fraction of sp³-hybridized carbons (Fsp3) is 0.182. The van der Waals surface area contributed by atoms with Crippen molar-refractivity contribution in [3.63, 3.8) is 0 Å². The summed E-state index contributed by atoms with van der Waals surface area (Å²) >= 11 is 0. The minimum atomic E-state index is -1.72. The molecule has 0 aromatic heterocycles. The summed E-state index contributed by atoms with van der Waals surface area (Å²) < 4.78 is 0. The van der Waals surface area contributed by atoms with E-state index in [1.54, 1.807) is 24.3 Å². The lowest BCUT2D eigenvalue weighted by atomic mass is 10.3. The standard InChI is InChI=1S/C11H12N2O5S2/c12-6-3-1-2-4-8(6)20-19-5-7(10(15)16)13-9(14)11(17)18/h1-4,7H,5,12H2,(H,13,14)(H,15,16)(H,17,18)/t7-/m0/s1. The van der Waals surface area contributed by atoms with Crippen LogP contribution >= 0.6 is 21.6 Å². The van der Waals surface area contributed by atoms with Gasteiger partial charge in [-0.15, -0.1) is 0 Å². The van der Waals surface area contributed by atoms with E-state index in [2.05, 4.69) is 0 Å². The van der Waals surface area contributed by atoms with E-state index < -0.39 is 23.9 Å². The molecule has 1 aromatic carbocycles. The molecule has 20 heavy (non-hydrogen) atoms. The lowest BCUT2D eigenvalue weighted by Gasteiger charge is -2.12. The molecule has 1 amide bonds. The third-order valence-corrected chi connectivity index (χ3v) is 4.54. The first-order chi connectivity index (χ1) is 9.41. The van der Waals surface area contributed by atoms with E-state index in [0.29, 0.717) is 5.69 Å². The molecule has 0 fully saturated rings. The predicted molar refractivity (Wildman–Crippen MR) is 76.4 cm³/mol. The van der Waals surface area contributed by atoms with Crippen molar-refractivity contribution < 1.29 is 24.6 Å². The van der Waals surface area contributed by atoms with Gasteiger partial charge in [0.1, 0.15) is 6.04 Å². The quantitative estimate of drug-likeness (QED) is 0.342. The first kappa shape index (κ1) is 16.2. The molecule has 0 radical (unpaired) electrons. The van der Waals surface area contributed by atoms with Gasteiger partial charge in [-0.3, -0.25) is 4.79 Å². The van der Waals surface area contributed by atoms with Gasteiger partial charge in [0.15, 0.2) is 0 Å². The zero-order valence-corrected chi connectivity index (χ0v) is 11.7. The van der Waals surface area contributed by atoms with Gasteiger partial charge in [0, 0.05) is 16.3 Å². The molecular weight excluding hydrogens is 304 g/mol. The van der Waals surface area contributed by atoms with E-state index in [9.17, 15) is 14.4 Å². The van der Waals surface area contributed by atoms with Crippen LogP contribution in [-0.2, 0) is 14.4 Å². The Hall–Kier alpha value is -1.87. The van der Waals surface area contributed by atoms with Gasteiger partial charge in [0.25, 0.3) is 0 Å². The molecule has 1 rings (SSSR count). The van der Waals surface area contributed by atoms with Crippen molar-refractivity contribution in [2.75, 3.05) is 11.5 Å². The van der Waals surface area contributed by atoms with Crippen LogP contribution in [0.3, 0.4) is 0 Å². The number of amides is 1. The maximum Gasteiger partial charge on any atom is 0.394 e. The van der Waals surface area contributed by atoms with Crippen molar-refractivity contribution in [1.82, 2.24) is 5.32 Å². The lowest BCUT2D eigenvalue weighted by Crippen LogP contribution is -2.45. The van der Waals surface area contributed by atoms with Crippen LogP contribution in [0.15, 0.2) is 29.2 Å². The van der Waals surface area contributed by atoms with Crippen molar-refractivity contribution in [3.05, 3.63) is 24.3 Å². The zero-order chi connectivity index (χ0) is 15.1. The van der Waals surface area contributed by atoms with E-state index in [-0.39, 0.29) is 5.75 Å². The number of carbonyl (C=O) groups is 3. The number of benzene rings is 1. The average molecular weight is 316 g/mol. The number of para-hydroxylation sites is 1. The topological polar surface area (TPSA) is 130 Å². The van der Waals surface area contributed by atoms with Crippen molar-refractivity contribution >= 4 is 45.1 Å². The Morgan fingerprint density at radius 3 is 2.45 bits per heavy atom. The second kappa shape index (κ2) is 7.65. The normalized spacial score (nSPS) is 11.6. The Labute approximate surface area is 122 Å². The van der Waals surface area contributed by atoms with Crippen LogP contribution in [0, 0.1) is 0 Å². The first-order valence-corrected chi connectivity index (χ1v) is 7.64. The number of nitrogens with one attached hydrogen (secondary N) is 1. The molecule has 0 unspecified atom stereocenters. The van der Waals surface area contributed by atoms with Gasteiger partial charge in [-0.05, 0) is 12.1 Å². The summed E-state index contributed by atoms with van der Waals surface area (Å²) in [5.74, 6) is -4.36. The number of carboxylic acids is 2. The molecule has 0 aliphatic rings. The highest BCUT2D eigenvalue weighted by Crippen LogP contribution is 2.34. The van der Waals surface area contributed by atoms with Crippen molar-refractivity contribution in [3.8, 4) is 0 Å². The maximum atomic E-state index is 10.9. The molecule has 5 N–H and O–H groups in total. The van der Waals surface area contributed by atoms with Crippen LogP contribution in [0.25, 0.3) is 0 Å². The summed E-state index contributed by atoms with van der Waals surface area (Å²) in [7, 11) is 2.42. The smallest absolute Gasteiger partial charge is 0.394 e. The Morgan fingerprint density at radius 1 is 1.25 bits per heavy atom. The number of hydrogen-bond donors (Lipinski definition) is 4. The summed E-state index contributed by atoms with van der Waals surface area (Å²) in [5.41, 5.74) is 6.28. The van der Waals surface area contributed by atoms with Crippen LogP contribution in [0.2, 0.25) is 0 Å². The molecule has 1 atom stereocenters. The van der Waals surface area contributed by atoms with Crippen LogP contribution in [0.5, 0.6) is 0 Å². The van der Waals surface area contributed by atoms with Crippen molar-refractivity contribution in [1.29, 1.82) is 0 Å². The van der Waals surface area contributed by atoms with Crippen LogP contribution in [0.1, 0.15) is 0 Å². The number of carbonyl (C=O) groups excluding carboxylic acids is 1. The van der Waals surface area contributed by atoms with Gasteiger partial charge in [-0.25, -0.2) is 9.59 Å². The van der Waals surface area contributed by atoms with Gasteiger partial charge in [-0.2, -0.15) is 0 Å². The highest BCUT2D eigenvalue weighted by molar-refractivity contribution is 8.76. The molecular formula is C11H12N2O5S2. The largest absolute Gasteiger partial charge is 0.480 e. The molecule has 0 aliphatic heterocycles. The number of rotatable bonds is 6. The fourth-order valence-corrected chi connectivity index (χ4v) is 3.42. The summed E-state index contributed by atoms with van der Waals surface area (Å²) in [6, 6.07) is 5.78. The maximum absolute atomic E-state index is 10.9. The average Bonchev–Trinajstić information content (AvgIpc) is 2.39. The van der Waals surface area contributed by atoms with Gasteiger partial charge < -0.3 is 21.3 Å². The Bertz CT molecular complexity index is 523. The minimum Gasteiger partial charge on any atom is -0.480 e. The number of nitrogens with two attached hydrogens (primary N) is 1. The monoisotopic (exact) mass is 316 g/mol. The summed E-state index contributed by atoms with van der Waals surface area (Å²) in [6.07, 6.45) is 0. The molecule has 0 spiro atoms. The first-order valence-electron chi connectivity index (χ1n) is 5.32. The fourth-order valence-electron chi connectivity index (χ4n) is 1.12. The molecule has 1 aromatic rings. The van der Waals surface area contributed by atoms with E-state index in [1.807, 2.05) is 5.32 Å². The molecule has 0 aliphatic carbocycles. The third kappa shape index (κ3) is 5.02. The minimum absolute atomic E-state index is 0.00730. The van der Waals surface area contributed by atoms with Gasteiger partial charge >= 0.3 is 17.8 Å². The van der Waals surface area contributed by atoms with Crippen LogP contribution in [0.4, 0.5) is 5.69 Å². The van der Waals surface area contributed by atoms with Crippen LogP contribution in [-0.4, -0.2) is 39.9 Å². The Kier molecular flexibility index (Phi) is 6.19. The van der Waals surface area contributed by atoms with Gasteiger partial charge in [-0.1, -0.05) is 33.7 Å². The zero-order valence-electron chi connectivity index (χ0n) is 10.1. The van der Waals surface area contributed by atoms with E-state index in [4.69, 9.17) is 15.9 Å². The molecule has 0 bridgehead atoms. The molecule has 0 saturated heterocycles. The van der Waals surface area contributed by atoms with Crippen molar-refractivity contribution in [2.24, 2.45) is 0 Å². The number of carboxylic acid groups (broad SMARTS) is 2.